The van der Waals surface area contributed by atoms with Crippen LogP contribution in [-0.4, -0.2) is 24.8 Å². The smallest absolute Gasteiger partial charge is 0.306 e. The normalized spacial score (nSPS) is 13.4. The zero-order chi connectivity index (χ0) is 21.6. The van der Waals surface area contributed by atoms with E-state index >= 15 is 0 Å². The molecule has 0 spiro atoms. The van der Waals surface area contributed by atoms with Crippen LogP contribution >= 0.6 is 0 Å². The van der Waals surface area contributed by atoms with Gasteiger partial charge in [0.15, 0.2) is 0 Å². The molecule has 0 aliphatic carbocycles. The molecule has 174 valence electrons. The van der Waals surface area contributed by atoms with E-state index in [0.29, 0.717) is 6.42 Å². The molecule has 0 aromatic heterocycles. The molecule has 0 aliphatic rings. The second-order valence-corrected chi connectivity index (χ2v) is 8.65. The van der Waals surface area contributed by atoms with Crippen LogP contribution in [0.1, 0.15) is 143 Å². The van der Waals surface area contributed by atoms with Gasteiger partial charge in [-0.05, 0) is 32.1 Å². The minimum absolute atomic E-state index is 0.0212. The van der Waals surface area contributed by atoms with Crippen molar-refractivity contribution in [1.29, 1.82) is 0 Å². The lowest BCUT2D eigenvalue weighted by Crippen LogP contribution is -2.34. The number of carbonyl (C=O) groups is 1. The summed E-state index contributed by atoms with van der Waals surface area (Å²) >= 11 is 0. The molecule has 0 saturated heterocycles. The Bertz CT molecular complexity index is 343. The first-order valence-corrected chi connectivity index (χ1v) is 13.0. The Kier molecular flexibility index (Phi) is 21.7. The van der Waals surface area contributed by atoms with E-state index in [4.69, 9.17) is 9.47 Å². The molecule has 29 heavy (non-hydrogen) atoms. The number of ether oxygens (including phenoxy) is 2. The summed E-state index contributed by atoms with van der Waals surface area (Å²) in [7, 11) is 0. The number of hydrogen-bond donors (Lipinski definition) is 0. The van der Waals surface area contributed by atoms with Crippen molar-refractivity contribution in [3.8, 4) is 0 Å². The van der Waals surface area contributed by atoms with Gasteiger partial charge in [0, 0.05) is 13.0 Å². The van der Waals surface area contributed by atoms with Crippen LogP contribution in [0.2, 0.25) is 0 Å². The third-order valence-electron chi connectivity index (χ3n) is 5.70. The predicted molar refractivity (Wildman–Crippen MR) is 125 cm³/mol. The molecule has 3 heteroatoms. The number of unbranched alkanes of at least 4 members (excludes halogenated alkanes) is 11. The summed E-state index contributed by atoms with van der Waals surface area (Å²) in [5, 5.41) is 0. The lowest BCUT2D eigenvalue weighted by atomic mass is 9.99. The Hall–Kier alpha value is -0.570. The molecular weight excluding hydrogens is 360 g/mol. The maximum Gasteiger partial charge on any atom is 0.306 e. The van der Waals surface area contributed by atoms with Crippen molar-refractivity contribution in [3.63, 3.8) is 0 Å². The van der Waals surface area contributed by atoms with Crippen molar-refractivity contribution >= 4 is 5.97 Å². The van der Waals surface area contributed by atoms with Crippen LogP contribution in [0, 0.1) is 0 Å². The summed E-state index contributed by atoms with van der Waals surface area (Å²) in [6.45, 7) is 9.69. The molecule has 0 fully saturated rings. The van der Waals surface area contributed by atoms with Crippen molar-refractivity contribution in [2.75, 3.05) is 6.61 Å². The van der Waals surface area contributed by atoms with Gasteiger partial charge < -0.3 is 9.47 Å². The van der Waals surface area contributed by atoms with Crippen molar-refractivity contribution in [2.45, 2.75) is 155 Å². The minimum Gasteiger partial charge on any atom is -0.460 e. The lowest BCUT2D eigenvalue weighted by Gasteiger charge is -2.28. The number of rotatable bonds is 22. The highest BCUT2D eigenvalue weighted by molar-refractivity contribution is 5.69. The van der Waals surface area contributed by atoms with E-state index in [1.54, 1.807) is 0 Å². The largest absolute Gasteiger partial charge is 0.460 e. The van der Waals surface area contributed by atoms with Crippen LogP contribution < -0.4 is 0 Å². The Balaban J connectivity index is 4.77. The number of carbonyl (C=O) groups excluding carboxylic acids is 1. The molecule has 0 saturated carbocycles. The van der Waals surface area contributed by atoms with Gasteiger partial charge in [-0.15, -0.1) is 0 Å². The van der Waals surface area contributed by atoms with E-state index in [2.05, 4.69) is 27.7 Å². The summed E-state index contributed by atoms with van der Waals surface area (Å²) in [5.74, 6) is -0.0212. The van der Waals surface area contributed by atoms with Gasteiger partial charge in [-0.1, -0.05) is 105 Å². The molecule has 0 radical (unpaired) electrons. The van der Waals surface area contributed by atoms with Gasteiger partial charge in [0.05, 0.1) is 6.10 Å². The SMILES string of the molecule is CCCCCCOC(CCCCCC)C(CCCCCC)OC(=O)CCCCC. The van der Waals surface area contributed by atoms with Gasteiger partial charge in [0.25, 0.3) is 0 Å². The molecule has 0 aliphatic heterocycles. The first-order valence-electron chi connectivity index (χ1n) is 13.0. The highest BCUT2D eigenvalue weighted by atomic mass is 16.6. The van der Waals surface area contributed by atoms with Gasteiger partial charge in [0.1, 0.15) is 6.10 Å². The van der Waals surface area contributed by atoms with Gasteiger partial charge in [-0.25, -0.2) is 0 Å². The average molecular weight is 413 g/mol. The molecule has 0 aromatic rings. The van der Waals surface area contributed by atoms with Crippen molar-refractivity contribution in [1.82, 2.24) is 0 Å². The van der Waals surface area contributed by atoms with E-state index in [1.165, 1.54) is 64.2 Å². The molecule has 0 heterocycles. The Morgan fingerprint density at radius 2 is 1.07 bits per heavy atom. The number of hydrogen-bond acceptors (Lipinski definition) is 3. The summed E-state index contributed by atoms with van der Waals surface area (Å²) < 4.78 is 12.3. The maximum atomic E-state index is 12.4. The van der Waals surface area contributed by atoms with E-state index in [1.807, 2.05) is 0 Å². The molecule has 2 atom stereocenters. The average Bonchev–Trinajstić information content (AvgIpc) is 2.72. The maximum absolute atomic E-state index is 12.4. The predicted octanol–water partition coefficient (Wildman–Crippen LogP) is 8.38. The van der Waals surface area contributed by atoms with Crippen molar-refractivity contribution in [2.24, 2.45) is 0 Å². The van der Waals surface area contributed by atoms with Crippen LogP contribution in [0.25, 0.3) is 0 Å². The second kappa shape index (κ2) is 22.1. The third-order valence-corrected chi connectivity index (χ3v) is 5.70. The fourth-order valence-electron chi connectivity index (χ4n) is 3.75. The first kappa shape index (κ1) is 28.4. The zero-order valence-corrected chi connectivity index (χ0v) is 20.3. The highest BCUT2D eigenvalue weighted by Gasteiger charge is 2.25. The van der Waals surface area contributed by atoms with E-state index in [9.17, 15) is 4.79 Å². The van der Waals surface area contributed by atoms with Crippen LogP contribution in [0.15, 0.2) is 0 Å². The van der Waals surface area contributed by atoms with Crippen LogP contribution in [0.5, 0.6) is 0 Å². The molecule has 0 N–H and O–H groups in total. The minimum atomic E-state index is -0.0613. The Morgan fingerprint density at radius 1 is 0.586 bits per heavy atom. The third kappa shape index (κ3) is 18.0. The quantitative estimate of drug-likeness (QED) is 0.132. The molecular formula is C26H52O3. The van der Waals surface area contributed by atoms with Crippen LogP contribution in [0.4, 0.5) is 0 Å². The first-order chi connectivity index (χ1) is 14.2. The topological polar surface area (TPSA) is 35.5 Å². The van der Waals surface area contributed by atoms with Crippen molar-refractivity contribution in [3.05, 3.63) is 0 Å². The van der Waals surface area contributed by atoms with Crippen LogP contribution in [0.3, 0.4) is 0 Å². The van der Waals surface area contributed by atoms with Gasteiger partial charge in [0.2, 0.25) is 0 Å². The molecule has 0 bridgehead atoms. The zero-order valence-electron chi connectivity index (χ0n) is 20.3. The fraction of sp³-hybridized carbons (Fsp3) is 0.962. The monoisotopic (exact) mass is 412 g/mol. The van der Waals surface area contributed by atoms with Gasteiger partial charge >= 0.3 is 5.97 Å². The van der Waals surface area contributed by atoms with Gasteiger partial charge in [-0.3, -0.25) is 4.79 Å². The van der Waals surface area contributed by atoms with E-state index in [0.717, 1.165) is 51.6 Å². The summed E-state index contributed by atoms with van der Waals surface area (Å²) in [4.78, 5) is 12.4. The summed E-state index contributed by atoms with van der Waals surface area (Å²) in [6.07, 6.45) is 20.4. The van der Waals surface area contributed by atoms with Gasteiger partial charge in [-0.2, -0.15) is 0 Å². The highest BCUT2D eigenvalue weighted by Crippen LogP contribution is 2.21. The summed E-state index contributed by atoms with van der Waals surface area (Å²) in [6, 6.07) is 0. The molecule has 0 rings (SSSR count). The lowest BCUT2D eigenvalue weighted by molar-refractivity contribution is -0.159. The summed E-state index contributed by atoms with van der Waals surface area (Å²) in [5.41, 5.74) is 0. The van der Waals surface area contributed by atoms with E-state index in [-0.39, 0.29) is 18.2 Å². The molecule has 0 aromatic carbocycles. The van der Waals surface area contributed by atoms with Crippen LogP contribution in [-0.2, 0) is 14.3 Å². The standard InChI is InChI=1S/C26H52O3/c1-5-9-13-17-20-24(28-23-19-15-11-7-3)25(21-18-14-10-6-2)29-26(27)22-16-12-8-4/h24-25H,5-23H2,1-4H3. The second-order valence-electron chi connectivity index (χ2n) is 8.65. The van der Waals surface area contributed by atoms with Crippen molar-refractivity contribution < 1.29 is 14.3 Å². The fourth-order valence-corrected chi connectivity index (χ4v) is 3.75. The van der Waals surface area contributed by atoms with E-state index < -0.39 is 0 Å². The Labute approximate surface area is 182 Å². The molecule has 2 unspecified atom stereocenters. The number of esters is 1. The Morgan fingerprint density at radius 3 is 1.62 bits per heavy atom. The molecule has 3 nitrogen and oxygen atoms in total. The molecule has 0 amide bonds.